The van der Waals surface area contributed by atoms with Gasteiger partial charge in [-0.05, 0) is 32.9 Å². The van der Waals surface area contributed by atoms with Gasteiger partial charge in [0.25, 0.3) is 0 Å². The van der Waals surface area contributed by atoms with Gasteiger partial charge in [0.2, 0.25) is 5.88 Å². The highest BCUT2D eigenvalue weighted by Gasteiger charge is 2.14. The van der Waals surface area contributed by atoms with E-state index in [1.807, 2.05) is 35.9 Å². The highest BCUT2D eigenvalue weighted by atomic mass is 16.5. The summed E-state index contributed by atoms with van der Waals surface area (Å²) in [5.74, 6) is 2.12. The Morgan fingerprint density at radius 2 is 2.20 bits per heavy atom. The molecule has 0 amide bonds. The minimum absolute atomic E-state index is 0.0231. The van der Waals surface area contributed by atoms with Crippen LogP contribution >= 0.6 is 0 Å². The number of rotatable bonds is 11. The molecule has 0 saturated heterocycles. The number of aromatic nitrogens is 4. The number of methoxy groups -OCH3 is 1. The number of likely N-dealkylation sites (N-methyl/N-ethyl adjacent to an activating group) is 1. The van der Waals surface area contributed by atoms with Crippen LogP contribution in [0.3, 0.4) is 0 Å². The number of nitrogens with zero attached hydrogens (tertiary/aromatic N) is 5. The summed E-state index contributed by atoms with van der Waals surface area (Å²) in [6, 6.07) is 3.73. The predicted octanol–water partition coefficient (Wildman–Crippen LogP) is 2.26. The van der Waals surface area contributed by atoms with Crippen LogP contribution in [0, 0.1) is 6.92 Å². The molecule has 0 saturated carbocycles. The van der Waals surface area contributed by atoms with E-state index in [0.717, 1.165) is 37.6 Å². The lowest BCUT2D eigenvalue weighted by Crippen LogP contribution is -2.35. The van der Waals surface area contributed by atoms with E-state index < -0.39 is 0 Å². The molecule has 0 spiro atoms. The molecule has 0 aliphatic heterocycles. The van der Waals surface area contributed by atoms with Crippen LogP contribution in [0.15, 0.2) is 37.2 Å². The van der Waals surface area contributed by atoms with Gasteiger partial charge >= 0.3 is 0 Å². The van der Waals surface area contributed by atoms with Crippen molar-refractivity contribution in [2.24, 2.45) is 0 Å². The zero-order valence-corrected chi connectivity index (χ0v) is 15.3. The second-order valence-corrected chi connectivity index (χ2v) is 5.94. The standard InChI is InChI=1S/C18H27N5O2/c1-5-6-7-16(14-22(3)12-13-24-4)25-18-9-8-17(20-21-18)23-11-10-19-15(23)2/h5,8-11,16H,1,6-7,12-14H2,2-4H3/t16-/m0/s1. The van der Waals surface area contributed by atoms with Crippen molar-refractivity contribution in [2.75, 3.05) is 33.9 Å². The number of hydrogen-bond donors (Lipinski definition) is 0. The van der Waals surface area contributed by atoms with E-state index in [4.69, 9.17) is 9.47 Å². The first kappa shape index (κ1) is 19.1. The zero-order valence-electron chi connectivity index (χ0n) is 15.3. The topological polar surface area (TPSA) is 65.3 Å². The molecule has 2 rings (SSSR count). The number of aryl methyl sites for hydroxylation is 1. The van der Waals surface area contributed by atoms with Crippen molar-refractivity contribution >= 4 is 0 Å². The van der Waals surface area contributed by atoms with Crippen LogP contribution in [0.25, 0.3) is 5.82 Å². The average Bonchev–Trinajstić information content (AvgIpc) is 3.04. The monoisotopic (exact) mass is 345 g/mol. The Balaban J connectivity index is 1.99. The van der Waals surface area contributed by atoms with E-state index in [1.165, 1.54) is 0 Å². The first-order chi connectivity index (χ1) is 12.1. The van der Waals surface area contributed by atoms with Crippen molar-refractivity contribution < 1.29 is 9.47 Å². The second-order valence-electron chi connectivity index (χ2n) is 5.94. The molecule has 0 radical (unpaired) electrons. The highest BCUT2D eigenvalue weighted by molar-refractivity contribution is 5.25. The summed E-state index contributed by atoms with van der Waals surface area (Å²) in [7, 11) is 3.76. The van der Waals surface area contributed by atoms with Crippen LogP contribution in [0.5, 0.6) is 5.88 Å². The van der Waals surface area contributed by atoms with Crippen molar-refractivity contribution in [3.63, 3.8) is 0 Å². The van der Waals surface area contributed by atoms with Crippen LogP contribution in [-0.4, -0.2) is 64.6 Å². The summed E-state index contributed by atoms with van der Waals surface area (Å²) in [5, 5.41) is 8.44. The first-order valence-electron chi connectivity index (χ1n) is 8.43. The normalized spacial score (nSPS) is 12.3. The van der Waals surface area contributed by atoms with Crippen molar-refractivity contribution in [2.45, 2.75) is 25.9 Å². The van der Waals surface area contributed by atoms with E-state index >= 15 is 0 Å². The third-order valence-electron chi connectivity index (χ3n) is 3.87. The summed E-state index contributed by atoms with van der Waals surface area (Å²) >= 11 is 0. The summed E-state index contributed by atoms with van der Waals surface area (Å²) in [5.41, 5.74) is 0. The Morgan fingerprint density at radius 1 is 1.36 bits per heavy atom. The maximum atomic E-state index is 6.04. The predicted molar refractivity (Wildman–Crippen MR) is 97.1 cm³/mol. The van der Waals surface area contributed by atoms with Crippen molar-refractivity contribution in [3.05, 3.63) is 43.0 Å². The van der Waals surface area contributed by atoms with Gasteiger partial charge in [0.15, 0.2) is 5.82 Å². The number of allylic oxidation sites excluding steroid dienone is 1. The summed E-state index contributed by atoms with van der Waals surface area (Å²) in [6.07, 6.45) is 7.30. The maximum Gasteiger partial charge on any atom is 0.233 e. The van der Waals surface area contributed by atoms with Crippen LogP contribution in [0.2, 0.25) is 0 Å². The fourth-order valence-electron chi connectivity index (χ4n) is 2.47. The summed E-state index contributed by atoms with van der Waals surface area (Å²) in [4.78, 5) is 6.38. The molecule has 1 atom stereocenters. The Kier molecular flexibility index (Phi) is 7.56. The molecule has 7 nitrogen and oxygen atoms in total. The third kappa shape index (κ3) is 5.95. The van der Waals surface area contributed by atoms with Gasteiger partial charge in [-0.15, -0.1) is 16.8 Å². The Labute approximate surface area is 149 Å². The van der Waals surface area contributed by atoms with E-state index in [-0.39, 0.29) is 6.10 Å². The number of imidazole rings is 1. The largest absolute Gasteiger partial charge is 0.472 e. The molecule has 0 N–H and O–H groups in total. The molecule has 136 valence electrons. The Hall–Kier alpha value is -2.25. The third-order valence-corrected chi connectivity index (χ3v) is 3.87. The van der Waals surface area contributed by atoms with Crippen molar-refractivity contribution in [3.8, 4) is 11.7 Å². The van der Waals surface area contributed by atoms with Crippen LogP contribution in [0.1, 0.15) is 18.7 Å². The first-order valence-corrected chi connectivity index (χ1v) is 8.43. The smallest absolute Gasteiger partial charge is 0.233 e. The fourth-order valence-corrected chi connectivity index (χ4v) is 2.47. The Bertz CT molecular complexity index is 641. The average molecular weight is 345 g/mol. The molecule has 2 aromatic heterocycles. The maximum absolute atomic E-state index is 6.04. The molecule has 0 aromatic carbocycles. The summed E-state index contributed by atoms with van der Waals surface area (Å²) in [6.45, 7) is 8.06. The van der Waals surface area contributed by atoms with Crippen molar-refractivity contribution in [1.29, 1.82) is 0 Å². The van der Waals surface area contributed by atoms with Crippen LogP contribution in [0.4, 0.5) is 0 Å². The molecule has 0 unspecified atom stereocenters. The molecule has 25 heavy (non-hydrogen) atoms. The zero-order chi connectivity index (χ0) is 18.1. The lowest BCUT2D eigenvalue weighted by Gasteiger charge is -2.24. The van der Waals surface area contributed by atoms with Gasteiger partial charge in [0, 0.05) is 38.7 Å². The van der Waals surface area contributed by atoms with Gasteiger partial charge in [-0.25, -0.2) is 4.98 Å². The van der Waals surface area contributed by atoms with E-state index in [2.05, 4.69) is 33.7 Å². The lowest BCUT2D eigenvalue weighted by atomic mass is 10.2. The van der Waals surface area contributed by atoms with Gasteiger partial charge < -0.3 is 14.4 Å². The molecule has 0 aliphatic carbocycles. The quantitative estimate of drug-likeness (QED) is 0.582. The second kappa shape index (κ2) is 9.90. The minimum Gasteiger partial charge on any atom is -0.472 e. The van der Waals surface area contributed by atoms with Gasteiger partial charge in [0.05, 0.1) is 6.61 Å². The van der Waals surface area contributed by atoms with Crippen LogP contribution < -0.4 is 4.74 Å². The fraction of sp³-hybridized carbons (Fsp3) is 0.500. The van der Waals surface area contributed by atoms with Gasteiger partial charge in [-0.2, -0.15) is 0 Å². The van der Waals surface area contributed by atoms with Crippen LogP contribution in [-0.2, 0) is 4.74 Å². The molecule has 7 heteroatoms. The molecule has 0 bridgehead atoms. The molecule has 2 aromatic rings. The molecule has 2 heterocycles. The van der Waals surface area contributed by atoms with E-state index in [1.54, 1.807) is 13.3 Å². The molecule has 0 fully saturated rings. The van der Waals surface area contributed by atoms with Crippen molar-refractivity contribution in [1.82, 2.24) is 24.6 Å². The van der Waals surface area contributed by atoms with Gasteiger partial charge in [0.1, 0.15) is 11.9 Å². The van der Waals surface area contributed by atoms with E-state index in [0.29, 0.717) is 12.5 Å². The Morgan fingerprint density at radius 3 is 2.80 bits per heavy atom. The molecular formula is C18H27N5O2. The highest BCUT2D eigenvalue weighted by Crippen LogP contribution is 2.14. The summed E-state index contributed by atoms with van der Waals surface area (Å²) < 4.78 is 13.0. The SMILES string of the molecule is C=CCC[C@@H](CN(C)CCOC)Oc1ccc(-n2ccnc2C)nn1. The lowest BCUT2D eigenvalue weighted by molar-refractivity contribution is 0.109. The minimum atomic E-state index is 0.0231. The number of ether oxygens (including phenoxy) is 2. The van der Waals surface area contributed by atoms with E-state index in [9.17, 15) is 0 Å². The molecular weight excluding hydrogens is 318 g/mol. The number of hydrogen-bond acceptors (Lipinski definition) is 6. The van der Waals surface area contributed by atoms with Gasteiger partial charge in [-0.3, -0.25) is 4.57 Å². The van der Waals surface area contributed by atoms with Gasteiger partial charge in [-0.1, -0.05) is 6.08 Å². The molecule has 0 aliphatic rings.